The molecule has 1 aromatic rings. The molecule has 0 amide bonds. The van der Waals surface area contributed by atoms with E-state index in [4.69, 9.17) is 4.74 Å². The molecular weight excluding hydrogens is 190 g/mol. The molecule has 0 aromatic heterocycles. The lowest BCUT2D eigenvalue weighted by molar-refractivity contribution is 0.415. The maximum absolute atomic E-state index is 5.18. The van der Waals surface area contributed by atoms with E-state index in [0.29, 0.717) is 0 Å². The van der Waals surface area contributed by atoms with Crippen LogP contribution >= 0.6 is 0 Å². The first kappa shape index (κ1) is 9.83. The minimum Gasteiger partial charge on any atom is -0.497 e. The Labute approximate surface area is 89.6 Å². The molecule has 1 aliphatic heterocycles. The lowest BCUT2D eigenvalue weighted by Crippen LogP contribution is -2.32. The maximum Gasteiger partial charge on any atom is 0.198 e. The third-order valence-corrected chi connectivity index (χ3v) is 2.39. The van der Waals surface area contributed by atoms with E-state index in [9.17, 15) is 0 Å². The molecule has 1 N–H and O–H groups in total. The Kier molecular flexibility index (Phi) is 2.49. The molecule has 0 spiro atoms. The predicted octanol–water partition coefficient (Wildman–Crippen LogP) is 1.54. The molecule has 1 aromatic carbocycles. The van der Waals surface area contributed by atoms with Crippen LogP contribution in [0, 0.1) is 0 Å². The number of hydrogen-bond donors (Lipinski definition) is 1. The van der Waals surface area contributed by atoms with Crippen molar-refractivity contribution in [3.63, 3.8) is 0 Å². The van der Waals surface area contributed by atoms with Gasteiger partial charge in [0.1, 0.15) is 5.75 Å². The van der Waals surface area contributed by atoms with Crippen molar-refractivity contribution in [2.75, 3.05) is 26.5 Å². The molecule has 1 aliphatic rings. The Morgan fingerprint density at radius 1 is 1.40 bits per heavy atom. The van der Waals surface area contributed by atoms with Crippen LogP contribution in [0.2, 0.25) is 0 Å². The second-order valence-corrected chi connectivity index (χ2v) is 3.68. The highest BCUT2D eigenvalue weighted by molar-refractivity contribution is 5.95. The molecule has 4 nitrogen and oxygen atoms in total. The van der Waals surface area contributed by atoms with Gasteiger partial charge in [-0.2, -0.15) is 0 Å². The fourth-order valence-electron chi connectivity index (χ4n) is 1.51. The van der Waals surface area contributed by atoms with Crippen LogP contribution in [0.5, 0.6) is 5.75 Å². The highest BCUT2D eigenvalue weighted by Crippen LogP contribution is 2.25. The number of anilines is 1. The SMILES string of the molecule is COc1ccc2c(c1)NC(N(C)C)=NC2. The van der Waals surface area contributed by atoms with Crippen LogP contribution in [0.15, 0.2) is 23.2 Å². The summed E-state index contributed by atoms with van der Waals surface area (Å²) in [5, 5.41) is 3.27. The molecular formula is C11H15N3O. The molecule has 1 heterocycles. The number of ether oxygens (including phenoxy) is 1. The molecule has 0 saturated carbocycles. The monoisotopic (exact) mass is 205 g/mol. The van der Waals surface area contributed by atoms with Crippen LogP contribution in [0.3, 0.4) is 0 Å². The van der Waals surface area contributed by atoms with Crippen molar-refractivity contribution in [1.29, 1.82) is 0 Å². The topological polar surface area (TPSA) is 36.9 Å². The zero-order valence-corrected chi connectivity index (χ0v) is 9.24. The largest absolute Gasteiger partial charge is 0.497 e. The fraction of sp³-hybridized carbons (Fsp3) is 0.364. The van der Waals surface area contributed by atoms with Crippen LogP contribution < -0.4 is 10.1 Å². The van der Waals surface area contributed by atoms with Gasteiger partial charge in [0.25, 0.3) is 0 Å². The van der Waals surface area contributed by atoms with Gasteiger partial charge in [0.05, 0.1) is 13.7 Å². The zero-order chi connectivity index (χ0) is 10.8. The highest BCUT2D eigenvalue weighted by Gasteiger charge is 2.13. The first-order chi connectivity index (χ1) is 7.20. The van der Waals surface area contributed by atoms with E-state index in [0.717, 1.165) is 23.9 Å². The number of aliphatic imine (C=N–C) groups is 1. The summed E-state index contributed by atoms with van der Waals surface area (Å²) in [7, 11) is 5.61. The Bertz CT molecular complexity index is 399. The zero-order valence-electron chi connectivity index (χ0n) is 9.24. The van der Waals surface area contributed by atoms with Crippen LogP contribution in [0.1, 0.15) is 5.56 Å². The van der Waals surface area contributed by atoms with Gasteiger partial charge < -0.3 is 15.0 Å². The van der Waals surface area contributed by atoms with E-state index >= 15 is 0 Å². The number of hydrogen-bond acceptors (Lipinski definition) is 4. The van der Waals surface area contributed by atoms with Crippen LogP contribution in [-0.4, -0.2) is 32.1 Å². The van der Waals surface area contributed by atoms with Crippen molar-refractivity contribution in [3.05, 3.63) is 23.8 Å². The van der Waals surface area contributed by atoms with Gasteiger partial charge in [0.2, 0.25) is 0 Å². The van der Waals surface area contributed by atoms with Gasteiger partial charge in [-0.1, -0.05) is 6.07 Å². The Morgan fingerprint density at radius 2 is 2.20 bits per heavy atom. The minimum absolute atomic E-state index is 0.722. The summed E-state index contributed by atoms with van der Waals surface area (Å²) in [6.07, 6.45) is 0. The van der Waals surface area contributed by atoms with Crippen molar-refractivity contribution < 1.29 is 4.74 Å². The normalized spacial score (nSPS) is 13.7. The summed E-state index contributed by atoms with van der Waals surface area (Å²) in [4.78, 5) is 6.38. The number of guanidine groups is 1. The van der Waals surface area contributed by atoms with Gasteiger partial charge in [0.15, 0.2) is 5.96 Å². The molecule has 0 unspecified atom stereocenters. The smallest absolute Gasteiger partial charge is 0.198 e. The molecule has 80 valence electrons. The molecule has 0 bridgehead atoms. The third-order valence-electron chi connectivity index (χ3n) is 2.39. The Balaban J connectivity index is 2.28. The fourth-order valence-corrected chi connectivity index (χ4v) is 1.51. The molecule has 15 heavy (non-hydrogen) atoms. The summed E-state index contributed by atoms with van der Waals surface area (Å²) in [5.41, 5.74) is 2.27. The molecule has 2 rings (SSSR count). The van der Waals surface area contributed by atoms with Crippen molar-refractivity contribution in [2.24, 2.45) is 4.99 Å². The molecule has 0 fully saturated rings. The van der Waals surface area contributed by atoms with Crippen LogP contribution in [0.4, 0.5) is 5.69 Å². The molecule has 4 heteroatoms. The van der Waals surface area contributed by atoms with E-state index in [1.165, 1.54) is 5.56 Å². The Morgan fingerprint density at radius 3 is 2.87 bits per heavy atom. The summed E-state index contributed by atoms with van der Waals surface area (Å²) in [6, 6.07) is 5.99. The summed E-state index contributed by atoms with van der Waals surface area (Å²) in [5.74, 6) is 1.75. The summed E-state index contributed by atoms with van der Waals surface area (Å²) < 4.78 is 5.18. The number of nitrogens with zero attached hydrogens (tertiary/aromatic N) is 2. The summed E-state index contributed by atoms with van der Waals surface area (Å²) >= 11 is 0. The van der Waals surface area contributed by atoms with E-state index in [1.807, 2.05) is 37.2 Å². The second kappa shape index (κ2) is 3.81. The minimum atomic E-state index is 0.722. The Hall–Kier alpha value is -1.71. The highest BCUT2D eigenvalue weighted by atomic mass is 16.5. The van der Waals surface area contributed by atoms with Gasteiger partial charge in [0, 0.05) is 25.8 Å². The lowest BCUT2D eigenvalue weighted by atomic mass is 10.1. The molecule has 0 aliphatic carbocycles. The van der Waals surface area contributed by atoms with E-state index in [1.54, 1.807) is 7.11 Å². The standard InChI is InChI=1S/C11H15N3O/c1-14(2)11-12-7-8-4-5-9(15-3)6-10(8)13-11/h4-6H,7H2,1-3H3,(H,12,13). The molecule has 0 atom stereocenters. The van der Waals surface area contributed by atoms with Crippen LogP contribution in [-0.2, 0) is 6.54 Å². The summed E-state index contributed by atoms with van der Waals surface area (Å²) in [6.45, 7) is 0.722. The lowest BCUT2D eigenvalue weighted by Gasteiger charge is -2.23. The maximum atomic E-state index is 5.18. The average Bonchev–Trinajstić information content (AvgIpc) is 2.27. The number of rotatable bonds is 1. The number of benzene rings is 1. The quantitative estimate of drug-likeness (QED) is 0.755. The van der Waals surface area contributed by atoms with Crippen molar-refractivity contribution in [3.8, 4) is 5.75 Å². The number of fused-ring (bicyclic) bond motifs is 1. The van der Waals surface area contributed by atoms with E-state index in [-0.39, 0.29) is 0 Å². The first-order valence-corrected chi connectivity index (χ1v) is 4.86. The van der Waals surface area contributed by atoms with Gasteiger partial charge in [-0.05, 0) is 11.6 Å². The first-order valence-electron chi connectivity index (χ1n) is 4.86. The van der Waals surface area contributed by atoms with E-state index < -0.39 is 0 Å². The third kappa shape index (κ3) is 1.88. The number of nitrogens with one attached hydrogen (secondary N) is 1. The van der Waals surface area contributed by atoms with Gasteiger partial charge in [-0.3, -0.25) is 0 Å². The van der Waals surface area contributed by atoms with Crippen molar-refractivity contribution in [2.45, 2.75) is 6.54 Å². The second-order valence-electron chi connectivity index (χ2n) is 3.68. The number of methoxy groups -OCH3 is 1. The van der Waals surface area contributed by atoms with Gasteiger partial charge in [-0.25, -0.2) is 4.99 Å². The van der Waals surface area contributed by atoms with E-state index in [2.05, 4.69) is 10.3 Å². The van der Waals surface area contributed by atoms with Crippen molar-refractivity contribution in [1.82, 2.24) is 4.90 Å². The average molecular weight is 205 g/mol. The van der Waals surface area contributed by atoms with Gasteiger partial charge in [-0.15, -0.1) is 0 Å². The predicted molar refractivity (Wildman–Crippen MR) is 61.4 cm³/mol. The molecule has 0 saturated heterocycles. The van der Waals surface area contributed by atoms with Crippen LogP contribution in [0.25, 0.3) is 0 Å². The molecule has 0 radical (unpaired) electrons. The van der Waals surface area contributed by atoms with Gasteiger partial charge >= 0.3 is 0 Å². The van der Waals surface area contributed by atoms with Crippen molar-refractivity contribution >= 4 is 11.6 Å².